The Balaban J connectivity index is 2.06. The van der Waals surface area contributed by atoms with Crippen molar-refractivity contribution in [1.82, 2.24) is 0 Å². The Hall–Kier alpha value is -3.05. The van der Waals surface area contributed by atoms with Gasteiger partial charge in [-0.3, -0.25) is 0 Å². The van der Waals surface area contributed by atoms with Crippen molar-refractivity contribution in [3.8, 4) is 11.5 Å². The first-order valence-electron chi connectivity index (χ1n) is 10.2. The lowest BCUT2D eigenvalue weighted by Gasteiger charge is -2.30. The molecule has 36 heavy (non-hydrogen) atoms. The molecule has 1 atom stereocenters. The van der Waals surface area contributed by atoms with Gasteiger partial charge in [-0.15, -0.1) is 0 Å². The summed E-state index contributed by atoms with van der Waals surface area (Å²) in [6, 6.07) is 13.1. The molecule has 3 aromatic carbocycles. The molecule has 0 fully saturated rings. The van der Waals surface area contributed by atoms with Gasteiger partial charge in [-0.25, -0.2) is 0 Å². The molecular weight excluding hydrogens is 522 g/mol. The highest BCUT2D eigenvalue weighted by Crippen LogP contribution is 2.45. The minimum atomic E-state index is -5.93. The van der Waals surface area contributed by atoms with Crippen LogP contribution in [0.4, 0.5) is 46.5 Å². The summed E-state index contributed by atoms with van der Waals surface area (Å²) in [5.74, 6) is -4.95. The lowest BCUT2D eigenvalue weighted by molar-refractivity contribution is -0.289. The van der Waals surface area contributed by atoms with Gasteiger partial charge in [-0.2, -0.15) is 35.1 Å². The zero-order valence-corrected chi connectivity index (χ0v) is 19.1. The van der Waals surface area contributed by atoms with E-state index in [1.807, 2.05) is 0 Å². The number of ether oxygens (including phenoxy) is 1. The molecule has 3 rings (SSSR count). The molecule has 3 aromatic rings. The third-order valence-electron chi connectivity index (χ3n) is 5.12. The van der Waals surface area contributed by atoms with Crippen LogP contribution in [0.2, 0.25) is 5.02 Å². The van der Waals surface area contributed by atoms with Gasteiger partial charge in [0.1, 0.15) is 11.5 Å². The van der Waals surface area contributed by atoms with E-state index in [9.17, 15) is 40.2 Å². The first kappa shape index (κ1) is 27.5. The molecular formula is C24H18ClF8NO2. The van der Waals surface area contributed by atoms with Crippen molar-refractivity contribution in [2.24, 2.45) is 0 Å². The smallest absolute Gasteiger partial charge is 0.456 e. The molecule has 0 spiro atoms. The Morgan fingerprint density at radius 1 is 0.861 bits per heavy atom. The topological polar surface area (TPSA) is 32.7 Å². The normalized spacial score (nSPS) is 13.4. The summed E-state index contributed by atoms with van der Waals surface area (Å²) in [6.45, 7) is 0.523. The minimum absolute atomic E-state index is 0.0768. The van der Waals surface area contributed by atoms with Gasteiger partial charge in [-0.1, -0.05) is 41.9 Å². The zero-order valence-electron chi connectivity index (χ0n) is 18.3. The van der Waals surface area contributed by atoms with Crippen LogP contribution in [0, 0.1) is 6.92 Å². The van der Waals surface area contributed by atoms with Crippen LogP contribution in [0.1, 0.15) is 11.1 Å². The second-order valence-corrected chi connectivity index (χ2v) is 8.15. The van der Waals surface area contributed by atoms with Crippen LogP contribution in [-0.4, -0.2) is 30.1 Å². The largest absolute Gasteiger partial charge is 0.458 e. The molecule has 0 aliphatic carbocycles. The van der Waals surface area contributed by atoms with Crippen molar-refractivity contribution in [3.63, 3.8) is 0 Å². The fourth-order valence-corrected chi connectivity index (χ4v) is 3.37. The average Bonchev–Trinajstić information content (AvgIpc) is 2.79. The highest BCUT2D eigenvalue weighted by molar-refractivity contribution is 6.32. The summed E-state index contributed by atoms with van der Waals surface area (Å²) < 4.78 is 112. The fraction of sp³-hybridized carbons (Fsp3) is 0.250. The van der Waals surface area contributed by atoms with E-state index in [1.165, 1.54) is 30.3 Å². The number of hydrogen-bond donors (Lipinski definition) is 1. The van der Waals surface area contributed by atoms with E-state index in [2.05, 4.69) is 0 Å². The molecule has 0 heterocycles. The second kappa shape index (κ2) is 10.1. The van der Waals surface area contributed by atoms with Crippen molar-refractivity contribution in [3.05, 3.63) is 82.9 Å². The van der Waals surface area contributed by atoms with Crippen LogP contribution in [-0.2, 0) is 5.92 Å². The summed E-state index contributed by atoms with van der Waals surface area (Å²) in [7, 11) is 0. The van der Waals surface area contributed by atoms with E-state index in [0.717, 1.165) is 17.0 Å². The SMILES string of the molecule is Cc1cccc(Oc2cccc(N(C[C@H](O)C(F)(F)F)c3cccc(C(F)(F)C(F)(F)F)c3)c2)c1Cl. The quantitative estimate of drug-likeness (QED) is 0.308. The van der Waals surface area contributed by atoms with Gasteiger partial charge in [0.25, 0.3) is 0 Å². The van der Waals surface area contributed by atoms with Gasteiger partial charge in [0.2, 0.25) is 0 Å². The molecule has 0 amide bonds. The number of nitrogens with zero attached hydrogens (tertiary/aromatic N) is 1. The van der Waals surface area contributed by atoms with Crippen LogP contribution in [0.25, 0.3) is 0 Å². The molecule has 0 saturated carbocycles. The molecule has 0 aliphatic rings. The average molecular weight is 540 g/mol. The number of benzene rings is 3. The lowest BCUT2D eigenvalue weighted by atomic mass is 10.1. The predicted molar refractivity (Wildman–Crippen MR) is 118 cm³/mol. The predicted octanol–water partition coefficient (Wildman–Crippen LogP) is 8.16. The summed E-state index contributed by atoms with van der Waals surface area (Å²) >= 11 is 6.20. The molecule has 0 aliphatic heterocycles. The maximum absolute atomic E-state index is 13.9. The van der Waals surface area contributed by atoms with Crippen LogP contribution >= 0.6 is 11.6 Å². The number of hydrogen-bond acceptors (Lipinski definition) is 3. The Kier molecular flexibility index (Phi) is 7.75. The third kappa shape index (κ3) is 6.01. The van der Waals surface area contributed by atoms with E-state index in [4.69, 9.17) is 16.3 Å². The highest BCUT2D eigenvalue weighted by atomic mass is 35.5. The van der Waals surface area contributed by atoms with Gasteiger partial charge < -0.3 is 14.7 Å². The molecule has 0 radical (unpaired) electrons. The summed E-state index contributed by atoms with van der Waals surface area (Å²) in [5, 5.41) is 9.94. The van der Waals surface area contributed by atoms with Crippen LogP contribution in [0.5, 0.6) is 11.5 Å². The Bertz CT molecular complexity index is 1210. The molecule has 1 N–H and O–H groups in total. The van der Waals surface area contributed by atoms with Crippen LogP contribution in [0.15, 0.2) is 66.7 Å². The van der Waals surface area contributed by atoms with Crippen molar-refractivity contribution < 1.29 is 45.0 Å². The molecule has 12 heteroatoms. The van der Waals surface area contributed by atoms with E-state index in [1.54, 1.807) is 19.1 Å². The summed E-state index contributed by atoms with van der Waals surface area (Å²) in [5.41, 5.74) is -1.31. The zero-order chi connectivity index (χ0) is 26.9. The lowest BCUT2D eigenvalue weighted by Crippen LogP contribution is -2.39. The number of aryl methyl sites for hydroxylation is 1. The van der Waals surface area contributed by atoms with Crippen LogP contribution < -0.4 is 9.64 Å². The van der Waals surface area contributed by atoms with Crippen molar-refractivity contribution in [2.45, 2.75) is 31.3 Å². The number of rotatable bonds is 7. The number of aliphatic hydroxyl groups excluding tert-OH is 1. The number of alkyl halides is 8. The molecule has 0 saturated heterocycles. The number of halogens is 9. The Morgan fingerprint density at radius 2 is 1.44 bits per heavy atom. The number of aliphatic hydroxyl groups is 1. The van der Waals surface area contributed by atoms with Gasteiger partial charge in [0, 0.05) is 23.0 Å². The maximum Gasteiger partial charge on any atom is 0.458 e. The van der Waals surface area contributed by atoms with Crippen molar-refractivity contribution >= 4 is 23.0 Å². The van der Waals surface area contributed by atoms with E-state index in [0.29, 0.717) is 17.7 Å². The van der Waals surface area contributed by atoms with Crippen molar-refractivity contribution in [1.29, 1.82) is 0 Å². The maximum atomic E-state index is 13.9. The molecule has 194 valence electrons. The Morgan fingerprint density at radius 3 is 2.06 bits per heavy atom. The van der Waals surface area contributed by atoms with Gasteiger partial charge in [-0.05, 0) is 42.8 Å². The minimum Gasteiger partial charge on any atom is -0.456 e. The summed E-state index contributed by atoms with van der Waals surface area (Å²) in [4.78, 5) is 0.763. The Labute approximate surface area is 205 Å². The monoisotopic (exact) mass is 539 g/mol. The second-order valence-electron chi connectivity index (χ2n) is 7.78. The number of anilines is 2. The highest BCUT2D eigenvalue weighted by Gasteiger charge is 2.58. The van der Waals surface area contributed by atoms with Crippen LogP contribution in [0.3, 0.4) is 0 Å². The van der Waals surface area contributed by atoms with E-state index < -0.39 is 42.2 Å². The molecule has 0 unspecified atom stereocenters. The first-order chi connectivity index (χ1) is 16.6. The van der Waals surface area contributed by atoms with Gasteiger partial charge in [0.05, 0.1) is 11.6 Å². The van der Waals surface area contributed by atoms with Gasteiger partial charge in [0.15, 0.2) is 6.10 Å². The summed E-state index contributed by atoms with van der Waals surface area (Å²) in [6.07, 6.45) is -14.0. The third-order valence-corrected chi connectivity index (χ3v) is 5.61. The van der Waals surface area contributed by atoms with Gasteiger partial charge >= 0.3 is 18.3 Å². The fourth-order valence-electron chi connectivity index (χ4n) is 3.21. The standard InChI is InChI=1S/C24H18ClF8NO2/c1-14-5-2-10-19(21(14)25)36-18-9-4-8-17(12-18)34(13-20(35)23(28,29)30)16-7-3-6-15(11-16)22(26,27)24(31,32)33/h2-12,20,35H,13H2,1H3/t20-/m0/s1. The first-order valence-corrected chi connectivity index (χ1v) is 10.6. The molecule has 0 aromatic heterocycles. The molecule has 3 nitrogen and oxygen atoms in total. The molecule has 0 bridgehead atoms. The van der Waals surface area contributed by atoms with E-state index >= 15 is 0 Å². The van der Waals surface area contributed by atoms with Crippen molar-refractivity contribution in [2.75, 3.05) is 11.4 Å². The van der Waals surface area contributed by atoms with E-state index in [-0.39, 0.29) is 22.2 Å².